The number of pyridine rings is 1. The summed E-state index contributed by atoms with van der Waals surface area (Å²) < 4.78 is 5.23. The maximum Gasteiger partial charge on any atom is 0.407 e. The zero-order chi connectivity index (χ0) is 16.2. The SMILES string of the molecule is CC(C)(C)OC(=O)NCC1CCN(c2ccc(C#N)cn2)C1. The first-order chi connectivity index (χ1) is 10.4. The average Bonchev–Trinajstić information content (AvgIpc) is 2.92. The van der Waals surface area contributed by atoms with E-state index in [0.29, 0.717) is 18.0 Å². The van der Waals surface area contributed by atoms with Crippen molar-refractivity contribution in [1.82, 2.24) is 10.3 Å². The van der Waals surface area contributed by atoms with E-state index in [4.69, 9.17) is 10.00 Å². The number of carbonyl (C=O) groups is 1. The molecule has 1 N–H and O–H groups in total. The maximum atomic E-state index is 11.6. The van der Waals surface area contributed by atoms with Crippen molar-refractivity contribution >= 4 is 11.9 Å². The second-order valence-electron chi connectivity index (χ2n) is 6.50. The van der Waals surface area contributed by atoms with Gasteiger partial charge in [0.25, 0.3) is 0 Å². The molecule has 2 heterocycles. The normalized spacial score (nSPS) is 17.9. The minimum absolute atomic E-state index is 0.373. The number of aromatic nitrogens is 1. The van der Waals surface area contributed by atoms with Crippen molar-refractivity contribution in [2.75, 3.05) is 24.5 Å². The Kier molecular flexibility index (Phi) is 4.86. The summed E-state index contributed by atoms with van der Waals surface area (Å²) >= 11 is 0. The number of ether oxygens (including phenoxy) is 1. The van der Waals surface area contributed by atoms with Gasteiger partial charge >= 0.3 is 6.09 Å². The summed E-state index contributed by atoms with van der Waals surface area (Å²) in [4.78, 5) is 18.1. The molecule has 1 saturated heterocycles. The molecule has 118 valence electrons. The molecule has 0 spiro atoms. The van der Waals surface area contributed by atoms with E-state index in [9.17, 15) is 4.79 Å². The lowest BCUT2D eigenvalue weighted by Gasteiger charge is -2.21. The van der Waals surface area contributed by atoms with Crippen LogP contribution in [-0.2, 0) is 4.74 Å². The van der Waals surface area contributed by atoms with Crippen molar-refractivity contribution in [3.8, 4) is 6.07 Å². The number of nitrogens with zero attached hydrogens (tertiary/aromatic N) is 3. The van der Waals surface area contributed by atoms with E-state index in [1.165, 1.54) is 0 Å². The molecule has 1 amide bonds. The van der Waals surface area contributed by atoms with Gasteiger partial charge in [0.2, 0.25) is 0 Å². The minimum atomic E-state index is -0.474. The summed E-state index contributed by atoms with van der Waals surface area (Å²) in [7, 11) is 0. The van der Waals surface area contributed by atoms with Crippen molar-refractivity contribution in [3.05, 3.63) is 23.9 Å². The van der Waals surface area contributed by atoms with Crippen LogP contribution in [0.5, 0.6) is 0 Å². The van der Waals surface area contributed by atoms with Crippen LogP contribution >= 0.6 is 0 Å². The molecule has 0 aliphatic carbocycles. The summed E-state index contributed by atoms with van der Waals surface area (Å²) in [6.07, 6.45) is 2.21. The number of nitriles is 1. The lowest BCUT2D eigenvalue weighted by atomic mass is 10.1. The molecule has 22 heavy (non-hydrogen) atoms. The Bertz CT molecular complexity index is 557. The third-order valence-corrected chi connectivity index (χ3v) is 3.42. The quantitative estimate of drug-likeness (QED) is 0.927. The van der Waals surface area contributed by atoms with Gasteiger partial charge in [-0.15, -0.1) is 0 Å². The average molecular weight is 302 g/mol. The second kappa shape index (κ2) is 6.65. The molecule has 0 aromatic carbocycles. The molecule has 1 aliphatic heterocycles. The van der Waals surface area contributed by atoms with Gasteiger partial charge in [-0.3, -0.25) is 0 Å². The van der Waals surface area contributed by atoms with E-state index in [-0.39, 0.29) is 6.09 Å². The highest BCUT2D eigenvalue weighted by Crippen LogP contribution is 2.21. The Morgan fingerprint density at radius 2 is 2.32 bits per heavy atom. The lowest BCUT2D eigenvalue weighted by Crippen LogP contribution is -2.36. The molecule has 6 nitrogen and oxygen atoms in total. The van der Waals surface area contributed by atoms with Gasteiger partial charge in [0.15, 0.2) is 0 Å². The number of carbonyl (C=O) groups excluding carboxylic acids is 1. The number of rotatable bonds is 3. The first-order valence-electron chi connectivity index (χ1n) is 7.45. The van der Waals surface area contributed by atoms with Gasteiger partial charge in [-0.25, -0.2) is 9.78 Å². The molecule has 0 saturated carbocycles. The van der Waals surface area contributed by atoms with E-state index >= 15 is 0 Å². The van der Waals surface area contributed by atoms with Crippen LogP contribution in [0.3, 0.4) is 0 Å². The molecule has 0 radical (unpaired) electrons. The molecular weight excluding hydrogens is 280 g/mol. The topological polar surface area (TPSA) is 78.2 Å². The van der Waals surface area contributed by atoms with Crippen molar-refractivity contribution in [3.63, 3.8) is 0 Å². The Labute approximate surface area is 131 Å². The summed E-state index contributed by atoms with van der Waals surface area (Å²) in [6, 6.07) is 5.70. The highest BCUT2D eigenvalue weighted by molar-refractivity contribution is 5.67. The van der Waals surface area contributed by atoms with Crippen molar-refractivity contribution in [2.24, 2.45) is 5.92 Å². The smallest absolute Gasteiger partial charge is 0.407 e. The van der Waals surface area contributed by atoms with E-state index in [0.717, 1.165) is 25.3 Å². The predicted molar refractivity (Wildman–Crippen MR) is 83.5 cm³/mol. The number of nitrogens with one attached hydrogen (secondary N) is 1. The highest BCUT2D eigenvalue weighted by Gasteiger charge is 2.24. The molecule has 1 aliphatic rings. The summed E-state index contributed by atoms with van der Waals surface area (Å²) in [5, 5.41) is 11.6. The molecule has 1 atom stereocenters. The maximum absolute atomic E-state index is 11.6. The fraction of sp³-hybridized carbons (Fsp3) is 0.562. The van der Waals surface area contributed by atoms with Crippen molar-refractivity contribution in [1.29, 1.82) is 5.26 Å². The van der Waals surface area contributed by atoms with Crippen LogP contribution < -0.4 is 10.2 Å². The summed E-state index contributed by atoms with van der Waals surface area (Å²) in [6.45, 7) is 7.89. The monoisotopic (exact) mass is 302 g/mol. The predicted octanol–water partition coefficient (Wildman–Crippen LogP) is 2.30. The van der Waals surface area contributed by atoms with Gasteiger partial charge in [0, 0.05) is 25.8 Å². The van der Waals surface area contributed by atoms with Crippen LogP contribution in [-0.4, -0.2) is 36.3 Å². The molecule has 1 aromatic rings. The zero-order valence-corrected chi connectivity index (χ0v) is 13.3. The van der Waals surface area contributed by atoms with Gasteiger partial charge < -0.3 is 15.0 Å². The van der Waals surface area contributed by atoms with Crippen molar-refractivity contribution in [2.45, 2.75) is 32.8 Å². The summed E-state index contributed by atoms with van der Waals surface area (Å²) in [5.41, 5.74) is 0.0872. The first-order valence-corrected chi connectivity index (χ1v) is 7.45. The number of hydrogen-bond acceptors (Lipinski definition) is 5. The minimum Gasteiger partial charge on any atom is -0.444 e. The second-order valence-corrected chi connectivity index (χ2v) is 6.50. The number of hydrogen-bond donors (Lipinski definition) is 1. The van der Waals surface area contributed by atoms with E-state index in [1.807, 2.05) is 26.8 Å². The van der Waals surface area contributed by atoms with Gasteiger partial charge in [0.1, 0.15) is 17.5 Å². The van der Waals surface area contributed by atoms with Crippen LogP contribution in [0.2, 0.25) is 0 Å². The third kappa shape index (κ3) is 4.62. The van der Waals surface area contributed by atoms with E-state index in [2.05, 4.69) is 21.3 Å². The van der Waals surface area contributed by atoms with Crippen LogP contribution in [0, 0.1) is 17.2 Å². The van der Waals surface area contributed by atoms with Crippen LogP contribution in [0.1, 0.15) is 32.8 Å². The fourth-order valence-electron chi connectivity index (χ4n) is 2.39. The fourth-order valence-corrected chi connectivity index (χ4v) is 2.39. The van der Waals surface area contributed by atoms with E-state index < -0.39 is 5.60 Å². The molecular formula is C16H22N4O2. The Hall–Kier alpha value is -2.29. The van der Waals surface area contributed by atoms with Gasteiger partial charge in [-0.1, -0.05) is 0 Å². The van der Waals surface area contributed by atoms with Crippen LogP contribution in [0.25, 0.3) is 0 Å². The molecule has 0 bridgehead atoms. The molecule has 2 rings (SSSR count). The first kappa shape index (κ1) is 16.1. The zero-order valence-electron chi connectivity index (χ0n) is 13.3. The third-order valence-electron chi connectivity index (χ3n) is 3.42. The van der Waals surface area contributed by atoms with Crippen LogP contribution in [0.4, 0.5) is 10.6 Å². The Morgan fingerprint density at radius 1 is 1.55 bits per heavy atom. The highest BCUT2D eigenvalue weighted by atomic mass is 16.6. The molecule has 1 fully saturated rings. The van der Waals surface area contributed by atoms with Gasteiger partial charge in [-0.05, 0) is 45.2 Å². The largest absolute Gasteiger partial charge is 0.444 e. The summed E-state index contributed by atoms with van der Waals surface area (Å²) in [5.74, 6) is 1.25. The molecule has 6 heteroatoms. The Morgan fingerprint density at radius 3 is 2.91 bits per heavy atom. The molecule has 1 aromatic heterocycles. The van der Waals surface area contributed by atoms with Gasteiger partial charge in [0.05, 0.1) is 5.56 Å². The number of alkyl carbamates (subject to hydrolysis) is 1. The van der Waals surface area contributed by atoms with Gasteiger partial charge in [-0.2, -0.15) is 5.26 Å². The number of anilines is 1. The standard InChI is InChI=1S/C16H22N4O2/c1-16(2,3)22-15(21)19-10-13-6-7-20(11-13)14-5-4-12(8-17)9-18-14/h4-5,9,13H,6-7,10-11H2,1-3H3,(H,19,21). The lowest BCUT2D eigenvalue weighted by molar-refractivity contribution is 0.0520. The van der Waals surface area contributed by atoms with E-state index in [1.54, 1.807) is 12.3 Å². The Balaban J connectivity index is 1.80. The number of amides is 1. The molecule has 1 unspecified atom stereocenters. The van der Waals surface area contributed by atoms with Crippen molar-refractivity contribution < 1.29 is 9.53 Å². The van der Waals surface area contributed by atoms with Crippen LogP contribution in [0.15, 0.2) is 18.3 Å².